The van der Waals surface area contributed by atoms with Crippen molar-refractivity contribution in [3.05, 3.63) is 71.3 Å². The van der Waals surface area contributed by atoms with Crippen LogP contribution in [0, 0.1) is 0 Å². The smallest absolute Gasteiger partial charge is 0.0718 e. The molecule has 0 N–H and O–H groups in total. The van der Waals surface area contributed by atoms with Gasteiger partial charge in [-0.15, -0.1) is 0 Å². The van der Waals surface area contributed by atoms with Crippen molar-refractivity contribution in [3.8, 4) is 0 Å². The van der Waals surface area contributed by atoms with Crippen molar-refractivity contribution in [1.29, 1.82) is 0 Å². The third-order valence-electron chi connectivity index (χ3n) is 4.87. The Hall–Kier alpha value is -1.60. The van der Waals surface area contributed by atoms with E-state index in [1.807, 2.05) is 0 Å². The molecule has 2 aromatic rings. The van der Waals surface area contributed by atoms with E-state index >= 15 is 0 Å². The minimum absolute atomic E-state index is 0.149. The van der Waals surface area contributed by atoms with Gasteiger partial charge < -0.3 is 0 Å². The summed E-state index contributed by atoms with van der Waals surface area (Å²) in [6.07, 6.45) is 3.77. The predicted molar refractivity (Wildman–Crippen MR) is 78.2 cm³/mol. The number of hydrogen-bond acceptors (Lipinski definition) is 1. The van der Waals surface area contributed by atoms with Gasteiger partial charge >= 0.3 is 0 Å². The van der Waals surface area contributed by atoms with E-state index in [9.17, 15) is 0 Å². The van der Waals surface area contributed by atoms with E-state index in [4.69, 9.17) is 0 Å². The Bertz CT molecular complexity index is 590. The number of nitrogens with zero attached hydrogens (tertiary/aromatic N) is 1. The average Bonchev–Trinajstić information content (AvgIpc) is 2.93. The summed E-state index contributed by atoms with van der Waals surface area (Å²) < 4.78 is 0. The third-order valence-corrected chi connectivity index (χ3v) is 4.87. The maximum atomic E-state index is 2.70. The Kier molecular flexibility index (Phi) is 2.49. The van der Waals surface area contributed by atoms with E-state index in [2.05, 4.69) is 59.5 Å². The molecule has 0 saturated carbocycles. The molecule has 1 nitrogen and oxygen atoms in total. The quantitative estimate of drug-likeness (QED) is 0.746. The Balaban J connectivity index is 1.97. The maximum Gasteiger partial charge on any atom is 0.0718 e. The molecular weight excluding hydrogens is 230 g/mol. The van der Waals surface area contributed by atoms with Crippen LogP contribution in [0.5, 0.6) is 0 Å². The summed E-state index contributed by atoms with van der Waals surface area (Å²) in [6.45, 7) is 2.44. The van der Waals surface area contributed by atoms with Crippen molar-refractivity contribution in [2.75, 3.05) is 13.1 Å². The lowest BCUT2D eigenvalue weighted by Gasteiger charge is -2.44. The van der Waals surface area contributed by atoms with Crippen LogP contribution in [0.2, 0.25) is 0 Å². The highest BCUT2D eigenvalue weighted by Gasteiger charge is 2.46. The molecule has 1 unspecified atom stereocenters. The molecule has 4 rings (SSSR count). The molecular formula is C18H19N. The summed E-state index contributed by atoms with van der Waals surface area (Å²) in [5, 5.41) is 0. The summed E-state index contributed by atoms with van der Waals surface area (Å²) in [7, 11) is 0. The first-order valence-corrected chi connectivity index (χ1v) is 7.30. The lowest BCUT2D eigenvalue weighted by molar-refractivity contribution is 0.164. The number of rotatable bonds is 1. The van der Waals surface area contributed by atoms with Gasteiger partial charge in [-0.1, -0.05) is 54.6 Å². The second kappa shape index (κ2) is 4.21. The predicted octanol–water partition coefficient (Wildman–Crippen LogP) is 3.58. The maximum absolute atomic E-state index is 2.70. The van der Waals surface area contributed by atoms with Crippen molar-refractivity contribution < 1.29 is 0 Å². The van der Waals surface area contributed by atoms with Gasteiger partial charge in [0.1, 0.15) is 0 Å². The van der Waals surface area contributed by atoms with Crippen molar-refractivity contribution in [2.45, 2.75) is 24.8 Å². The number of fused-ring (bicyclic) bond motifs is 3. The largest absolute Gasteiger partial charge is 0.289 e. The lowest BCUT2D eigenvalue weighted by atomic mass is 9.75. The molecule has 1 fully saturated rings. The van der Waals surface area contributed by atoms with E-state index in [0.717, 1.165) is 0 Å². The second-order valence-corrected chi connectivity index (χ2v) is 5.72. The molecule has 2 aromatic carbocycles. The van der Waals surface area contributed by atoms with E-state index in [1.165, 1.54) is 37.9 Å². The first-order chi connectivity index (χ1) is 9.41. The Labute approximate surface area is 114 Å². The molecule has 0 spiro atoms. The standard InChI is InChI=1S/C18H19N/c1-2-8-16(9-3-1)18-12-6-13-19(18)14-11-15-7-4-5-10-17(15)18/h1-5,7-10H,6,11-14H2. The van der Waals surface area contributed by atoms with Crippen LogP contribution in [0.3, 0.4) is 0 Å². The van der Waals surface area contributed by atoms with Crippen LogP contribution < -0.4 is 0 Å². The molecule has 1 atom stereocenters. The van der Waals surface area contributed by atoms with E-state index < -0.39 is 0 Å². The van der Waals surface area contributed by atoms with Crippen LogP contribution in [0.1, 0.15) is 29.5 Å². The van der Waals surface area contributed by atoms with Gasteiger partial charge in [0, 0.05) is 6.54 Å². The Morgan fingerprint density at radius 2 is 1.63 bits per heavy atom. The molecule has 19 heavy (non-hydrogen) atoms. The molecule has 1 heteroatoms. The van der Waals surface area contributed by atoms with E-state index in [-0.39, 0.29) is 5.54 Å². The fourth-order valence-electron chi connectivity index (χ4n) is 4.08. The van der Waals surface area contributed by atoms with Crippen molar-refractivity contribution in [2.24, 2.45) is 0 Å². The van der Waals surface area contributed by atoms with Crippen LogP contribution in [-0.4, -0.2) is 18.0 Å². The molecule has 1 saturated heterocycles. The number of benzene rings is 2. The minimum atomic E-state index is 0.149. The van der Waals surface area contributed by atoms with Crippen LogP contribution in [0.4, 0.5) is 0 Å². The highest BCUT2D eigenvalue weighted by atomic mass is 15.2. The molecule has 2 heterocycles. The van der Waals surface area contributed by atoms with Crippen molar-refractivity contribution in [1.82, 2.24) is 4.90 Å². The highest BCUT2D eigenvalue weighted by Crippen LogP contribution is 2.47. The fourth-order valence-corrected chi connectivity index (χ4v) is 4.08. The summed E-state index contributed by atoms with van der Waals surface area (Å²) in [6, 6.07) is 20.1. The van der Waals surface area contributed by atoms with E-state index in [1.54, 1.807) is 11.1 Å². The van der Waals surface area contributed by atoms with Gasteiger partial charge in [0.15, 0.2) is 0 Å². The first kappa shape index (κ1) is 11.2. The molecule has 2 aliphatic heterocycles. The van der Waals surface area contributed by atoms with Gasteiger partial charge in [-0.2, -0.15) is 0 Å². The zero-order chi connectivity index (χ0) is 12.7. The average molecular weight is 249 g/mol. The number of hydrogen-bond donors (Lipinski definition) is 0. The summed E-state index contributed by atoms with van der Waals surface area (Å²) >= 11 is 0. The molecule has 0 bridgehead atoms. The molecule has 0 aromatic heterocycles. The lowest BCUT2D eigenvalue weighted by Crippen LogP contribution is -2.47. The van der Waals surface area contributed by atoms with Crippen LogP contribution >= 0.6 is 0 Å². The SMILES string of the molecule is c1ccc(C23CCCN2CCc2ccccc23)cc1. The van der Waals surface area contributed by atoms with Crippen LogP contribution in [-0.2, 0) is 12.0 Å². The zero-order valence-electron chi connectivity index (χ0n) is 11.2. The molecule has 0 aliphatic carbocycles. The molecule has 96 valence electrons. The normalized spacial score (nSPS) is 25.9. The van der Waals surface area contributed by atoms with Gasteiger partial charge in [-0.3, -0.25) is 4.90 Å². The van der Waals surface area contributed by atoms with Gasteiger partial charge in [0.25, 0.3) is 0 Å². The topological polar surface area (TPSA) is 3.24 Å². The van der Waals surface area contributed by atoms with Gasteiger partial charge in [0.2, 0.25) is 0 Å². The van der Waals surface area contributed by atoms with E-state index in [0.29, 0.717) is 0 Å². The zero-order valence-corrected chi connectivity index (χ0v) is 11.2. The van der Waals surface area contributed by atoms with Crippen LogP contribution in [0.25, 0.3) is 0 Å². The fraction of sp³-hybridized carbons (Fsp3) is 0.333. The van der Waals surface area contributed by atoms with Crippen molar-refractivity contribution >= 4 is 0 Å². The first-order valence-electron chi connectivity index (χ1n) is 7.30. The highest BCUT2D eigenvalue weighted by molar-refractivity contribution is 5.46. The monoisotopic (exact) mass is 249 g/mol. The second-order valence-electron chi connectivity index (χ2n) is 5.72. The molecule has 0 radical (unpaired) electrons. The summed E-state index contributed by atoms with van der Waals surface area (Å²) in [4.78, 5) is 2.70. The third kappa shape index (κ3) is 1.51. The minimum Gasteiger partial charge on any atom is -0.289 e. The molecule has 0 amide bonds. The van der Waals surface area contributed by atoms with Gasteiger partial charge in [-0.25, -0.2) is 0 Å². The van der Waals surface area contributed by atoms with Crippen molar-refractivity contribution in [3.63, 3.8) is 0 Å². The Morgan fingerprint density at radius 3 is 2.53 bits per heavy atom. The summed E-state index contributed by atoms with van der Waals surface area (Å²) in [5.41, 5.74) is 4.71. The molecule has 2 aliphatic rings. The summed E-state index contributed by atoms with van der Waals surface area (Å²) in [5.74, 6) is 0. The van der Waals surface area contributed by atoms with Gasteiger partial charge in [-0.05, 0) is 42.5 Å². The van der Waals surface area contributed by atoms with Gasteiger partial charge in [0.05, 0.1) is 5.54 Å². The Morgan fingerprint density at radius 1 is 0.842 bits per heavy atom. The van der Waals surface area contributed by atoms with Crippen LogP contribution in [0.15, 0.2) is 54.6 Å².